The zero-order valence-electron chi connectivity index (χ0n) is 16.1. The Labute approximate surface area is 166 Å². The summed E-state index contributed by atoms with van der Waals surface area (Å²) >= 11 is 0. The van der Waals surface area contributed by atoms with E-state index < -0.39 is 10.0 Å². The molecule has 152 valence electrons. The number of hydrogen-bond donors (Lipinski definition) is 0. The number of hydrogen-bond acceptors (Lipinski definition) is 6. The van der Waals surface area contributed by atoms with Crippen molar-refractivity contribution in [2.75, 3.05) is 52.9 Å². The average molecular weight is 407 g/mol. The van der Waals surface area contributed by atoms with Gasteiger partial charge in [0.2, 0.25) is 15.9 Å². The van der Waals surface area contributed by atoms with Crippen molar-refractivity contribution < 1.29 is 17.9 Å². The summed E-state index contributed by atoms with van der Waals surface area (Å²) in [7, 11) is -2.37. The van der Waals surface area contributed by atoms with Crippen LogP contribution < -0.4 is 0 Å². The number of carbonyl (C=O) groups excluding carboxylic acids is 1. The molecule has 1 aromatic rings. The van der Waals surface area contributed by atoms with E-state index >= 15 is 0 Å². The van der Waals surface area contributed by atoms with Crippen molar-refractivity contribution in [1.82, 2.24) is 14.1 Å². The number of nitrogens with zero attached hydrogens (tertiary/aromatic N) is 4. The van der Waals surface area contributed by atoms with Gasteiger partial charge in [-0.2, -0.15) is 9.57 Å². The molecule has 9 heteroatoms. The van der Waals surface area contributed by atoms with Gasteiger partial charge < -0.3 is 9.64 Å². The first kappa shape index (κ1) is 20.7. The highest BCUT2D eigenvalue weighted by Gasteiger charge is 2.28. The molecular weight excluding hydrogens is 380 g/mol. The normalized spacial score (nSPS) is 21.0. The lowest BCUT2D eigenvalue weighted by Gasteiger charge is -2.36. The number of carbonyl (C=O) groups is 1. The minimum Gasteiger partial charge on any atom is -0.377 e. The van der Waals surface area contributed by atoms with Crippen LogP contribution in [0, 0.1) is 11.3 Å². The van der Waals surface area contributed by atoms with Crippen LogP contribution in [0.2, 0.25) is 0 Å². The number of sulfonamides is 1. The molecule has 0 aliphatic carbocycles. The van der Waals surface area contributed by atoms with Crippen LogP contribution in [0.15, 0.2) is 29.2 Å². The Bertz CT molecular complexity index is 820. The SMILES string of the molecule is CN(CC(=O)N1CCN(CC2CCCO2)CC1)S(=O)(=O)c1ccc(C#N)cc1. The molecule has 8 nitrogen and oxygen atoms in total. The van der Waals surface area contributed by atoms with Gasteiger partial charge in [0.05, 0.1) is 29.2 Å². The monoisotopic (exact) mass is 406 g/mol. The molecule has 0 spiro atoms. The predicted molar refractivity (Wildman–Crippen MR) is 103 cm³/mol. The molecule has 1 unspecified atom stereocenters. The number of ether oxygens (including phenoxy) is 1. The molecule has 0 N–H and O–H groups in total. The van der Waals surface area contributed by atoms with Gasteiger partial charge in [0.1, 0.15) is 0 Å². The third-order valence-corrected chi connectivity index (χ3v) is 7.08. The number of rotatable bonds is 6. The van der Waals surface area contributed by atoms with Gasteiger partial charge in [-0.1, -0.05) is 0 Å². The van der Waals surface area contributed by atoms with Crippen LogP contribution in [0.3, 0.4) is 0 Å². The van der Waals surface area contributed by atoms with Crippen molar-refractivity contribution >= 4 is 15.9 Å². The van der Waals surface area contributed by atoms with Gasteiger partial charge in [-0.3, -0.25) is 9.69 Å². The van der Waals surface area contributed by atoms with Crippen molar-refractivity contribution in [1.29, 1.82) is 5.26 Å². The van der Waals surface area contributed by atoms with Crippen LogP contribution in [0.25, 0.3) is 0 Å². The van der Waals surface area contributed by atoms with Crippen LogP contribution in [-0.2, 0) is 19.6 Å². The van der Waals surface area contributed by atoms with Crippen LogP contribution in [0.4, 0.5) is 0 Å². The summed E-state index contributed by atoms with van der Waals surface area (Å²) in [6.45, 7) is 4.27. The summed E-state index contributed by atoms with van der Waals surface area (Å²) in [5.41, 5.74) is 0.388. The van der Waals surface area contributed by atoms with E-state index in [2.05, 4.69) is 4.90 Å². The second kappa shape index (κ2) is 9.01. The van der Waals surface area contributed by atoms with Gasteiger partial charge >= 0.3 is 0 Å². The number of benzene rings is 1. The van der Waals surface area contributed by atoms with E-state index in [1.54, 1.807) is 4.90 Å². The zero-order valence-corrected chi connectivity index (χ0v) is 16.9. The molecule has 3 rings (SSSR count). The van der Waals surface area contributed by atoms with Crippen LogP contribution >= 0.6 is 0 Å². The van der Waals surface area contributed by atoms with E-state index in [0.29, 0.717) is 24.8 Å². The summed E-state index contributed by atoms with van der Waals surface area (Å²) in [6, 6.07) is 7.64. The van der Waals surface area contributed by atoms with Crippen molar-refractivity contribution in [3.05, 3.63) is 29.8 Å². The molecule has 0 bridgehead atoms. The second-order valence-corrected chi connectivity index (χ2v) is 9.26. The van der Waals surface area contributed by atoms with Gasteiger partial charge in [0, 0.05) is 46.4 Å². The Hall–Kier alpha value is -1.99. The fourth-order valence-corrected chi connectivity index (χ4v) is 4.63. The Balaban J connectivity index is 1.51. The Morgan fingerprint density at radius 2 is 1.93 bits per heavy atom. The number of likely N-dealkylation sites (N-methyl/N-ethyl adjacent to an activating group) is 1. The number of nitriles is 1. The van der Waals surface area contributed by atoms with E-state index in [0.717, 1.165) is 43.4 Å². The van der Waals surface area contributed by atoms with E-state index in [9.17, 15) is 13.2 Å². The van der Waals surface area contributed by atoms with Gasteiger partial charge in [-0.25, -0.2) is 8.42 Å². The highest BCUT2D eigenvalue weighted by Crippen LogP contribution is 2.17. The number of piperazine rings is 1. The molecule has 0 radical (unpaired) electrons. The van der Waals surface area contributed by atoms with Crippen molar-refractivity contribution in [3.63, 3.8) is 0 Å². The molecule has 2 heterocycles. The maximum atomic E-state index is 12.6. The topological polar surface area (TPSA) is 94.0 Å². The summed E-state index contributed by atoms with van der Waals surface area (Å²) < 4.78 is 32.0. The highest BCUT2D eigenvalue weighted by atomic mass is 32.2. The average Bonchev–Trinajstić information content (AvgIpc) is 3.21. The quantitative estimate of drug-likeness (QED) is 0.683. The lowest BCUT2D eigenvalue weighted by atomic mass is 10.2. The largest absolute Gasteiger partial charge is 0.377 e. The first-order chi connectivity index (χ1) is 13.4. The maximum absolute atomic E-state index is 12.6. The lowest BCUT2D eigenvalue weighted by molar-refractivity contribution is -0.133. The summed E-state index contributed by atoms with van der Waals surface area (Å²) in [6.07, 6.45) is 2.51. The fraction of sp³-hybridized carbons (Fsp3) is 0.579. The maximum Gasteiger partial charge on any atom is 0.243 e. The zero-order chi connectivity index (χ0) is 20.1. The highest BCUT2D eigenvalue weighted by molar-refractivity contribution is 7.89. The first-order valence-electron chi connectivity index (χ1n) is 9.48. The third kappa shape index (κ3) is 4.89. The van der Waals surface area contributed by atoms with E-state index in [4.69, 9.17) is 10.00 Å². The lowest BCUT2D eigenvalue weighted by Crippen LogP contribution is -2.52. The smallest absolute Gasteiger partial charge is 0.243 e. The molecule has 2 aliphatic heterocycles. The van der Waals surface area contributed by atoms with E-state index in [1.165, 1.54) is 31.3 Å². The third-order valence-electron chi connectivity index (χ3n) is 5.26. The first-order valence-corrected chi connectivity index (χ1v) is 10.9. The van der Waals surface area contributed by atoms with Gasteiger partial charge in [-0.15, -0.1) is 0 Å². The molecule has 2 aliphatic rings. The van der Waals surface area contributed by atoms with Crippen LogP contribution in [0.5, 0.6) is 0 Å². The Kier molecular flexibility index (Phi) is 6.67. The molecule has 1 atom stereocenters. The van der Waals surface area contributed by atoms with Crippen molar-refractivity contribution in [2.24, 2.45) is 0 Å². The molecule has 1 amide bonds. The predicted octanol–water partition coefficient (Wildman–Crippen LogP) is 0.502. The molecule has 0 saturated carbocycles. The van der Waals surface area contributed by atoms with E-state index in [1.807, 2.05) is 6.07 Å². The summed E-state index contributed by atoms with van der Waals surface area (Å²) in [5, 5.41) is 8.83. The summed E-state index contributed by atoms with van der Waals surface area (Å²) in [4.78, 5) is 16.7. The standard InChI is InChI=1S/C19H26N4O4S/c1-21(28(25,26)18-6-4-16(13-20)5-7-18)15-19(24)23-10-8-22(9-11-23)14-17-3-2-12-27-17/h4-7,17H,2-3,8-12,14-15H2,1H3. The second-order valence-electron chi connectivity index (χ2n) is 7.21. The van der Waals surface area contributed by atoms with Gasteiger partial charge in [0.15, 0.2) is 0 Å². The number of amides is 1. The molecule has 0 aromatic heterocycles. The van der Waals surface area contributed by atoms with Crippen molar-refractivity contribution in [3.8, 4) is 6.07 Å². The van der Waals surface area contributed by atoms with Gasteiger partial charge in [0.25, 0.3) is 0 Å². The summed E-state index contributed by atoms with van der Waals surface area (Å²) in [5.74, 6) is -0.198. The van der Waals surface area contributed by atoms with Gasteiger partial charge in [-0.05, 0) is 37.1 Å². The molecule has 2 fully saturated rings. The van der Waals surface area contributed by atoms with Crippen molar-refractivity contribution in [2.45, 2.75) is 23.8 Å². The van der Waals surface area contributed by atoms with E-state index in [-0.39, 0.29) is 17.3 Å². The molecule has 1 aromatic carbocycles. The molecular formula is C19H26N4O4S. The fourth-order valence-electron chi connectivity index (χ4n) is 3.51. The minimum absolute atomic E-state index is 0.0724. The Morgan fingerprint density at radius 3 is 2.50 bits per heavy atom. The molecule has 28 heavy (non-hydrogen) atoms. The van der Waals surface area contributed by atoms with Crippen LogP contribution in [-0.4, -0.2) is 87.5 Å². The Morgan fingerprint density at radius 1 is 1.25 bits per heavy atom. The minimum atomic E-state index is -3.77. The molecule has 2 saturated heterocycles. The van der Waals surface area contributed by atoms with Crippen LogP contribution in [0.1, 0.15) is 18.4 Å².